The number of unbranched alkanes of at least 4 members (excludes halogenated alkanes) is 1. The summed E-state index contributed by atoms with van der Waals surface area (Å²) in [5, 5.41) is 0.330. The number of hydrogen-bond donors (Lipinski definition) is 1. The third-order valence-corrected chi connectivity index (χ3v) is 3.41. The first-order valence-corrected chi connectivity index (χ1v) is 6.34. The Hall–Kier alpha value is -0.690. The minimum absolute atomic E-state index is 0.142. The van der Waals surface area contributed by atoms with E-state index in [4.69, 9.17) is 0 Å². The van der Waals surface area contributed by atoms with E-state index < -0.39 is 10.0 Å². The van der Waals surface area contributed by atoms with Gasteiger partial charge in [0.15, 0.2) is 0 Å². The molecule has 74 valence electrons. The molecule has 1 heterocycles. The van der Waals surface area contributed by atoms with E-state index in [1.54, 1.807) is 0 Å². The molecule has 0 bridgehead atoms. The number of aromatic nitrogens is 2. The largest absolute Gasteiger partial charge is 0.257 e. The van der Waals surface area contributed by atoms with Crippen molar-refractivity contribution >= 4 is 26.7 Å². The Morgan fingerprint density at radius 2 is 2.38 bits per heavy atom. The zero-order valence-corrected chi connectivity index (χ0v) is 8.86. The molecule has 0 aliphatic heterocycles. The van der Waals surface area contributed by atoms with Gasteiger partial charge in [-0.1, -0.05) is 13.3 Å². The first kappa shape index (κ1) is 10.4. The van der Waals surface area contributed by atoms with Crippen molar-refractivity contribution in [3.63, 3.8) is 0 Å². The van der Waals surface area contributed by atoms with E-state index in [9.17, 15) is 8.42 Å². The summed E-state index contributed by atoms with van der Waals surface area (Å²) < 4.78 is 28.6. The predicted molar refractivity (Wildman–Crippen MR) is 52.2 cm³/mol. The Balaban J connectivity index is 2.53. The van der Waals surface area contributed by atoms with Gasteiger partial charge in [-0.15, -0.1) is 0 Å². The summed E-state index contributed by atoms with van der Waals surface area (Å²) in [5.74, 6) is 0.142. The molecule has 0 aromatic carbocycles. The lowest BCUT2D eigenvalue weighted by molar-refractivity contribution is 0.598. The summed E-state index contributed by atoms with van der Waals surface area (Å²) in [6, 6.07) is 0. The van der Waals surface area contributed by atoms with Crippen molar-refractivity contribution in [3.8, 4) is 0 Å². The number of sulfonamides is 1. The SMILES string of the molecule is CCCCS(=O)(=O)Nc1ncns1. The van der Waals surface area contributed by atoms with E-state index in [0.717, 1.165) is 18.0 Å². The lowest BCUT2D eigenvalue weighted by Crippen LogP contribution is -2.16. The smallest absolute Gasteiger partial charge is 0.234 e. The van der Waals surface area contributed by atoms with Gasteiger partial charge in [0.25, 0.3) is 0 Å². The molecule has 0 radical (unpaired) electrons. The zero-order chi connectivity index (χ0) is 9.73. The Morgan fingerprint density at radius 3 is 2.92 bits per heavy atom. The second-order valence-corrected chi connectivity index (χ2v) is 5.14. The molecule has 5 nitrogen and oxygen atoms in total. The molecule has 0 atom stereocenters. The highest BCUT2D eigenvalue weighted by atomic mass is 32.2. The van der Waals surface area contributed by atoms with Gasteiger partial charge in [0, 0.05) is 11.5 Å². The Labute approximate surface area is 81.4 Å². The monoisotopic (exact) mass is 221 g/mol. The van der Waals surface area contributed by atoms with Crippen molar-refractivity contribution < 1.29 is 8.42 Å². The number of hydrogen-bond acceptors (Lipinski definition) is 5. The van der Waals surface area contributed by atoms with Gasteiger partial charge in [-0.25, -0.2) is 13.4 Å². The summed E-state index contributed by atoms with van der Waals surface area (Å²) >= 11 is 1.03. The zero-order valence-electron chi connectivity index (χ0n) is 7.23. The van der Waals surface area contributed by atoms with Gasteiger partial charge in [0.1, 0.15) is 6.33 Å². The Kier molecular flexibility index (Phi) is 3.61. The van der Waals surface area contributed by atoms with E-state index >= 15 is 0 Å². The topological polar surface area (TPSA) is 72.0 Å². The fourth-order valence-electron chi connectivity index (χ4n) is 0.736. The average molecular weight is 221 g/mol. The molecular weight excluding hydrogens is 210 g/mol. The second kappa shape index (κ2) is 4.52. The maximum atomic E-state index is 11.3. The van der Waals surface area contributed by atoms with Crippen LogP contribution in [0.3, 0.4) is 0 Å². The number of nitrogens with zero attached hydrogens (tertiary/aromatic N) is 2. The molecule has 7 heteroatoms. The predicted octanol–water partition coefficient (Wildman–Crippen LogP) is 1.08. The molecule has 0 amide bonds. The summed E-state index contributed by atoms with van der Waals surface area (Å²) in [7, 11) is -3.21. The molecule has 1 N–H and O–H groups in total. The van der Waals surface area contributed by atoms with Gasteiger partial charge in [-0.3, -0.25) is 4.72 Å². The minimum atomic E-state index is -3.21. The van der Waals surface area contributed by atoms with Crippen LogP contribution >= 0.6 is 11.5 Å². The summed E-state index contributed by atoms with van der Waals surface area (Å²) in [5.41, 5.74) is 0. The molecule has 0 saturated heterocycles. The highest BCUT2D eigenvalue weighted by molar-refractivity contribution is 7.92. The normalized spacial score (nSPS) is 11.5. The van der Waals surface area contributed by atoms with Crippen LogP contribution in [0, 0.1) is 0 Å². The van der Waals surface area contributed by atoms with Gasteiger partial charge in [-0.2, -0.15) is 4.37 Å². The molecular formula is C6H11N3O2S2. The number of rotatable bonds is 5. The molecule has 0 saturated carbocycles. The van der Waals surface area contributed by atoms with Crippen molar-refractivity contribution in [1.82, 2.24) is 9.36 Å². The van der Waals surface area contributed by atoms with Crippen LogP contribution in [0.4, 0.5) is 5.13 Å². The fourth-order valence-corrected chi connectivity index (χ4v) is 2.64. The number of anilines is 1. The van der Waals surface area contributed by atoms with Crippen LogP contribution < -0.4 is 4.72 Å². The van der Waals surface area contributed by atoms with Crippen LogP contribution in [0.2, 0.25) is 0 Å². The van der Waals surface area contributed by atoms with E-state index in [-0.39, 0.29) is 5.75 Å². The lowest BCUT2D eigenvalue weighted by Gasteiger charge is -2.02. The summed E-state index contributed by atoms with van der Waals surface area (Å²) in [6.07, 6.45) is 2.84. The maximum Gasteiger partial charge on any atom is 0.234 e. The molecule has 1 rings (SSSR count). The Morgan fingerprint density at radius 1 is 1.62 bits per heavy atom. The van der Waals surface area contributed by atoms with Gasteiger partial charge >= 0.3 is 0 Å². The molecule has 1 aromatic heterocycles. The van der Waals surface area contributed by atoms with Gasteiger partial charge in [0.2, 0.25) is 15.2 Å². The van der Waals surface area contributed by atoms with E-state index in [0.29, 0.717) is 11.6 Å². The van der Waals surface area contributed by atoms with E-state index in [2.05, 4.69) is 14.1 Å². The lowest BCUT2D eigenvalue weighted by atomic mass is 10.4. The van der Waals surface area contributed by atoms with Crippen molar-refractivity contribution in [2.24, 2.45) is 0 Å². The molecule has 0 fully saturated rings. The van der Waals surface area contributed by atoms with E-state index in [1.165, 1.54) is 6.33 Å². The summed E-state index contributed by atoms with van der Waals surface area (Å²) in [6.45, 7) is 1.94. The van der Waals surface area contributed by atoms with Crippen LogP contribution in [0.25, 0.3) is 0 Å². The highest BCUT2D eigenvalue weighted by Crippen LogP contribution is 2.09. The molecule has 0 aliphatic rings. The average Bonchev–Trinajstić information content (AvgIpc) is 2.52. The van der Waals surface area contributed by atoms with Crippen LogP contribution in [-0.2, 0) is 10.0 Å². The highest BCUT2D eigenvalue weighted by Gasteiger charge is 2.10. The quantitative estimate of drug-likeness (QED) is 0.807. The standard InChI is InChI=1S/C6H11N3O2S2/c1-2-3-4-13(10,11)9-6-7-5-8-12-6/h5H,2-4H2,1H3,(H,7,8,9). The minimum Gasteiger partial charge on any atom is -0.257 e. The molecule has 0 unspecified atom stereocenters. The maximum absolute atomic E-state index is 11.3. The molecule has 0 aliphatic carbocycles. The molecule has 13 heavy (non-hydrogen) atoms. The van der Waals surface area contributed by atoms with Crippen LogP contribution in [0.5, 0.6) is 0 Å². The van der Waals surface area contributed by atoms with Crippen molar-refractivity contribution in [3.05, 3.63) is 6.33 Å². The Bertz CT molecular complexity index is 333. The van der Waals surface area contributed by atoms with Crippen molar-refractivity contribution in [1.29, 1.82) is 0 Å². The molecule has 0 spiro atoms. The third-order valence-electron chi connectivity index (χ3n) is 1.37. The van der Waals surface area contributed by atoms with Gasteiger partial charge in [-0.05, 0) is 6.42 Å². The van der Waals surface area contributed by atoms with Gasteiger partial charge < -0.3 is 0 Å². The van der Waals surface area contributed by atoms with Crippen LogP contribution in [-0.4, -0.2) is 23.5 Å². The molecule has 1 aromatic rings. The van der Waals surface area contributed by atoms with E-state index in [1.807, 2.05) is 6.92 Å². The van der Waals surface area contributed by atoms with Gasteiger partial charge in [0.05, 0.1) is 5.75 Å². The van der Waals surface area contributed by atoms with Crippen LogP contribution in [0.1, 0.15) is 19.8 Å². The summed E-state index contributed by atoms with van der Waals surface area (Å²) in [4.78, 5) is 3.73. The van der Waals surface area contributed by atoms with Crippen molar-refractivity contribution in [2.75, 3.05) is 10.5 Å². The van der Waals surface area contributed by atoms with Crippen molar-refractivity contribution in [2.45, 2.75) is 19.8 Å². The first-order valence-electron chi connectivity index (χ1n) is 3.91. The third kappa shape index (κ3) is 3.69. The number of nitrogens with one attached hydrogen (secondary N) is 1. The second-order valence-electron chi connectivity index (χ2n) is 2.52. The van der Waals surface area contributed by atoms with Crippen LogP contribution in [0.15, 0.2) is 6.33 Å². The fraction of sp³-hybridized carbons (Fsp3) is 0.667. The first-order chi connectivity index (χ1) is 6.14.